The van der Waals surface area contributed by atoms with Crippen LogP contribution in [0.1, 0.15) is 23.5 Å². The fraction of sp³-hybridized carbons (Fsp3) is 0.308. The largest absolute Gasteiger partial charge is 0.337 e. The Bertz CT molecular complexity index is 491. The lowest BCUT2D eigenvalue weighted by Crippen LogP contribution is -2.04. The maximum Gasteiger partial charge on any atom is 0.0946 e. The molecule has 1 unspecified atom stereocenters. The van der Waals surface area contributed by atoms with Crippen LogP contribution in [-0.4, -0.2) is 9.55 Å². The summed E-state index contributed by atoms with van der Waals surface area (Å²) in [6.45, 7) is 1.01. The summed E-state index contributed by atoms with van der Waals surface area (Å²) in [6, 6.07) is 6.24. The minimum absolute atomic E-state index is 0.586. The fourth-order valence-corrected chi connectivity index (χ4v) is 2.81. The number of halogens is 1. The van der Waals surface area contributed by atoms with E-state index < -0.39 is 0 Å². The molecule has 2 aromatic rings. The molecule has 1 heterocycles. The second-order valence-electron chi connectivity index (χ2n) is 4.30. The lowest BCUT2D eigenvalue weighted by Gasteiger charge is -2.12. The number of fused-ring (bicyclic) bond motifs is 1. The summed E-state index contributed by atoms with van der Waals surface area (Å²) in [7, 11) is 0. The van der Waals surface area contributed by atoms with Gasteiger partial charge in [-0.3, -0.25) is 0 Å². The lowest BCUT2D eigenvalue weighted by molar-refractivity contribution is 0.555. The van der Waals surface area contributed by atoms with E-state index in [2.05, 4.69) is 15.6 Å². The monoisotopic (exact) mass is 232 g/mol. The van der Waals surface area contributed by atoms with Gasteiger partial charge in [0, 0.05) is 29.9 Å². The molecule has 0 aliphatic heterocycles. The molecule has 16 heavy (non-hydrogen) atoms. The molecular weight excluding hydrogens is 220 g/mol. The molecule has 3 heteroatoms. The van der Waals surface area contributed by atoms with Gasteiger partial charge in [0.1, 0.15) is 0 Å². The van der Waals surface area contributed by atoms with Crippen molar-refractivity contribution in [3.05, 3.63) is 53.1 Å². The van der Waals surface area contributed by atoms with Crippen molar-refractivity contribution in [3.63, 3.8) is 0 Å². The van der Waals surface area contributed by atoms with Gasteiger partial charge >= 0.3 is 0 Å². The Balaban J connectivity index is 1.89. The van der Waals surface area contributed by atoms with E-state index in [-0.39, 0.29) is 0 Å². The fourth-order valence-electron chi connectivity index (χ4n) is 2.53. The molecule has 1 aliphatic rings. The third-order valence-electron chi connectivity index (χ3n) is 3.33. The quantitative estimate of drug-likeness (QED) is 0.777. The molecular formula is C13H13ClN2. The van der Waals surface area contributed by atoms with Crippen molar-refractivity contribution in [1.82, 2.24) is 9.55 Å². The van der Waals surface area contributed by atoms with E-state index in [9.17, 15) is 0 Å². The van der Waals surface area contributed by atoms with Crippen molar-refractivity contribution in [2.24, 2.45) is 0 Å². The first kappa shape index (κ1) is 9.91. The highest BCUT2D eigenvalue weighted by molar-refractivity contribution is 6.31. The predicted molar refractivity (Wildman–Crippen MR) is 64.7 cm³/mol. The van der Waals surface area contributed by atoms with Crippen LogP contribution in [0.4, 0.5) is 0 Å². The van der Waals surface area contributed by atoms with E-state index >= 15 is 0 Å². The zero-order valence-corrected chi connectivity index (χ0v) is 9.69. The number of aromatic nitrogens is 2. The van der Waals surface area contributed by atoms with E-state index in [1.165, 1.54) is 17.5 Å². The Labute approximate surface area is 99.9 Å². The predicted octanol–water partition coefficient (Wildman–Crippen LogP) is 3.27. The van der Waals surface area contributed by atoms with Gasteiger partial charge in [-0.2, -0.15) is 0 Å². The van der Waals surface area contributed by atoms with E-state index in [1.807, 2.05) is 30.9 Å². The minimum atomic E-state index is 0.586. The third kappa shape index (κ3) is 1.63. The highest BCUT2D eigenvalue weighted by atomic mass is 35.5. The number of rotatable bonds is 2. The molecule has 0 N–H and O–H groups in total. The van der Waals surface area contributed by atoms with Crippen LogP contribution in [0, 0.1) is 0 Å². The van der Waals surface area contributed by atoms with Crippen LogP contribution < -0.4 is 0 Å². The molecule has 1 aromatic heterocycles. The van der Waals surface area contributed by atoms with Crippen LogP contribution in [0.3, 0.4) is 0 Å². The number of imidazole rings is 1. The second-order valence-corrected chi connectivity index (χ2v) is 4.71. The SMILES string of the molecule is Clc1cccc2c1CCC2Cn1ccnc1. The van der Waals surface area contributed by atoms with Crippen molar-refractivity contribution in [2.45, 2.75) is 25.3 Å². The average Bonchev–Trinajstić information content (AvgIpc) is 2.90. The molecule has 1 aromatic carbocycles. The van der Waals surface area contributed by atoms with E-state index in [1.54, 1.807) is 0 Å². The summed E-state index contributed by atoms with van der Waals surface area (Å²) >= 11 is 6.20. The molecule has 1 atom stereocenters. The van der Waals surface area contributed by atoms with Gasteiger partial charge in [0.25, 0.3) is 0 Å². The van der Waals surface area contributed by atoms with Crippen LogP contribution in [0.2, 0.25) is 5.02 Å². The topological polar surface area (TPSA) is 17.8 Å². The second kappa shape index (κ2) is 3.95. The Hall–Kier alpha value is -1.28. The number of hydrogen-bond acceptors (Lipinski definition) is 1. The Morgan fingerprint density at radius 1 is 1.44 bits per heavy atom. The summed E-state index contributed by atoms with van der Waals surface area (Å²) < 4.78 is 2.14. The molecule has 0 fully saturated rings. The molecule has 0 saturated carbocycles. The highest BCUT2D eigenvalue weighted by Crippen LogP contribution is 2.37. The van der Waals surface area contributed by atoms with E-state index in [0.717, 1.165) is 18.0 Å². The highest BCUT2D eigenvalue weighted by Gasteiger charge is 2.24. The number of benzene rings is 1. The molecule has 82 valence electrons. The first-order valence-electron chi connectivity index (χ1n) is 5.57. The summed E-state index contributed by atoms with van der Waals surface area (Å²) in [5, 5.41) is 0.922. The van der Waals surface area contributed by atoms with Gasteiger partial charge in [0.2, 0.25) is 0 Å². The third-order valence-corrected chi connectivity index (χ3v) is 3.68. The smallest absolute Gasteiger partial charge is 0.0946 e. The maximum atomic E-state index is 6.20. The maximum absolute atomic E-state index is 6.20. The molecule has 1 aliphatic carbocycles. The van der Waals surface area contributed by atoms with Crippen LogP contribution in [-0.2, 0) is 13.0 Å². The molecule has 0 radical (unpaired) electrons. The summed E-state index contributed by atoms with van der Waals surface area (Å²) in [5.74, 6) is 0.586. The van der Waals surface area contributed by atoms with Gasteiger partial charge in [-0.1, -0.05) is 23.7 Å². The first-order valence-corrected chi connectivity index (χ1v) is 5.95. The summed E-state index contributed by atoms with van der Waals surface area (Å²) in [6.07, 6.45) is 8.02. The minimum Gasteiger partial charge on any atom is -0.337 e. The molecule has 0 spiro atoms. The zero-order valence-electron chi connectivity index (χ0n) is 8.94. The van der Waals surface area contributed by atoms with Crippen molar-refractivity contribution in [2.75, 3.05) is 0 Å². The Morgan fingerprint density at radius 3 is 3.19 bits per heavy atom. The van der Waals surface area contributed by atoms with E-state index in [4.69, 9.17) is 11.6 Å². The van der Waals surface area contributed by atoms with Crippen LogP contribution in [0.15, 0.2) is 36.9 Å². The summed E-state index contributed by atoms with van der Waals surface area (Å²) in [5.41, 5.74) is 2.76. The van der Waals surface area contributed by atoms with Gasteiger partial charge < -0.3 is 4.57 Å². The van der Waals surface area contributed by atoms with Crippen molar-refractivity contribution in [3.8, 4) is 0 Å². The van der Waals surface area contributed by atoms with Crippen molar-refractivity contribution < 1.29 is 0 Å². The van der Waals surface area contributed by atoms with Gasteiger partial charge in [0.05, 0.1) is 6.33 Å². The lowest BCUT2D eigenvalue weighted by atomic mass is 10.0. The van der Waals surface area contributed by atoms with Crippen LogP contribution in [0.5, 0.6) is 0 Å². The number of nitrogens with zero attached hydrogens (tertiary/aromatic N) is 2. The Morgan fingerprint density at radius 2 is 2.38 bits per heavy atom. The molecule has 0 bridgehead atoms. The van der Waals surface area contributed by atoms with Gasteiger partial charge in [-0.05, 0) is 30.0 Å². The van der Waals surface area contributed by atoms with Crippen LogP contribution in [0.25, 0.3) is 0 Å². The first-order chi connectivity index (χ1) is 7.84. The normalized spacial score (nSPS) is 18.7. The zero-order chi connectivity index (χ0) is 11.0. The molecule has 0 amide bonds. The number of hydrogen-bond donors (Lipinski definition) is 0. The molecule has 2 nitrogen and oxygen atoms in total. The molecule has 3 rings (SSSR count). The summed E-state index contributed by atoms with van der Waals surface area (Å²) in [4.78, 5) is 4.07. The standard InChI is InChI=1S/C13H13ClN2/c14-13-3-1-2-11-10(4-5-12(11)13)8-16-7-6-15-9-16/h1-3,6-7,9-10H,4-5,8H2. The average molecular weight is 233 g/mol. The van der Waals surface area contributed by atoms with E-state index in [0.29, 0.717) is 5.92 Å². The Kier molecular flexibility index (Phi) is 2.44. The van der Waals surface area contributed by atoms with Crippen molar-refractivity contribution in [1.29, 1.82) is 0 Å². The van der Waals surface area contributed by atoms with Gasteiger partial charge in [-0.15, -0.1) is 0 Å². The van der Waals surface area contributed by atoms with Gasteiger partial charge in [0.15, 0.2) is 0 Å². The van der Waals surface area contributed by atoms with Crippen molar-refractivity contribution >= 4 is 11.6 Å². The molecule has 0 saturated heterocycles. The van der Waals surface area contributed by atoms with Gasteiger partial charge in [-0.25, -0.2) is 4.98 Å². The van der Waals surface area contributed by atoms with Crippen LogP contribution >= 0.6 is 11.6 Å².